The van der Waals surface area contributed by atoms with Gasteiger partial charge in [-0.1, -0.05) is 12.1 Å². The Hall–Kier alpha value is -3.03. The van der Waals surface area contributed by atoms with Crippen molar-refractivity contribution < 1.29 is 22.8 Å². The van der Waals surface area contributed by atoms with E-state index in [4.69, 9.17) is 0 Å². The Labute approximate surface area is 178 Å². The molecule has 4 rings (SSSR count). The van der Waals surface area contributed by atoms with Gasteiger partial charge in [-0.15, -0.1) is 0 Å². The van der Waals surface area contributed by atoms with E-state index in [0.29, 0.717) is 24.9 Å². The zero-order valence-electron chi connectivity index (χ0n) is 17.6. The topological polar surface area (TPSA) is 52.7 Å². The first kappa shape index (κ1) is 21.2. The van der Waals surface area contributed by atoms with E-state index in [1.165, 1.54) is 6.92 Å². The molecule has 5 nitrogen and oxygen atoms in total. The van der Waals surface area contributed by atoms with Crippen LogP contribution < -0.4 is 15.1 Å². The number of fused-ring (bicyclic) bond motifs is 5. The summed E-state index contributed by atoms with van der Waals surface area (Å²) < 4.78 is 38.4. The number of carbonyl (C=O) groups is 2. The standard InChI is InChI=1S/C23H24F3N3O2/c1-13-5-4-6-18-21(13)20-12-16(27-22(31)23(24,25)26)9-10-29(20)17-8-7-15(14(2)30)11-19(17)28(18)3/h4-8,11,16,20H,9-10,12H2,1-3H3,(H,27,31)/t16-,20-/m1/s1. The molecule has 2 heterocycles. The van der Waals surface area contributed by atoms with Crippen LogP contribution in [0.15, 0.2) is 36.4 Å². The van der Waals surface area contributed by atoms with Crippen LogP contribution in [0.1, 0.15) is 47.3 Å². The number of nitrogens with zero attached hydrogens (tertiary/aromatic N) is 2. The molecule has 1 amide bonds. The summed E-state index contributed by atoms with van der Waals surface area (Å²) in [4.78, 5) is 27.7. The Kier molecular flexibility index (Phi) is 5.19. The Morgan fingerprint density at radius 3 is 2.52 bits per heavy atom. The number of carbonyl (C=O) groups excluding carboxylic acids is 2. The normalized spacial score (nSPS) is 20.3. The van der Waals surface area contributed by atoms with Crippen molar-refractivity contribution in [1.29, 1.82) is 0 Å². The zero-order chi connectivity index (χ0) is 22.5. The van der Waals surface area contributed by atoms with Crippen LogP contribution in [0.5, 0.6) is 0 Å². The number of nitrogens with one attached hydrogen (secondary N) is 1. The number of aryl methyl sites for hydroxylation is 1. The fraction of sp³-hybridized carbons (Fsp3) is 0.391. The second-order valence-electron chi connectivity index (χ2n) is 8.23. The number of hydrogen-bond acceptors (Lipinski definition) is 4. The molecule has 0 unspecified atom stereocenters. The molecule has 1 fully saturated rings. The highest BCUT2D eigenvalue weighted by molar-refractivity contribution is 5.97. The largest absolute Gasteiger partial charge is 0.471 e. The number of rotatable bonds is 2. The van der Waals surface area contributed by atoms with Gasteiger partial charge in [0.2, 0.25) is 0 Å². The van der Waals surface area contributed by atoms with Gasteiger partial charge in [0.1, 0.15) is 0 Å². The maximum Gasteiger partial charge on any atom is 0.471 e. The molecule has 1 N–H and O–H groups in total. The lowest BCUT2D eigenvalue weighted by molar-refractivity contribution is -0.174. The molecule has 0 spiro atoms. The summed E-state index contributed by atoms with van der Waals surface area (Å²) in [6.45, 7) is 4.00. The van der Waals surface area contributed by atoms with Gasteiger partial charge in [0.15, 0.2) is 5.78 Å². The number of amides is 1. The summed E-state index contributed by atoms with van der Waals surface area (Å²) in [6.07, 6.45) is -4.14. The Morgan fingerprint density at radius 2 is 1.84 bits per heavy atom. The molecule has 2 aliphatic heterocycles. The number of hydrogen-bond donors (Lipinski definition) is 1. The van der Waals surface area contributed by atoms with Crippen LogP contribution in [0.4, 0.5) is 30.2 Å². The molecular formula is C23H24F3N3O2. The van der Waals surface area contributed by atoms with Gasteiger partial charge in [0, 0.05) is 36.4 Å². The van der Waals surface area contributed by atoms with Crippen molar-refractivity contribution in [2.24, 2.45) is 0 Å². The minimum Gasteiger partial charge on any atom is -0.363 e. The molecule has 164 valence electrons. The molecular weight excluding hydrogens is 407 g/mol. The van der Waals surface area contributed by atoms with E-state index in [1.54, 1.807) is 6.07 Å². The van der Waals surface area contributed by atoms with Crippen molar-refractivity contribution in [3.8, 4) is 0 Å². The van der Waals surface area contributed by atoms with Crippen molar-refractivity contribution >= 4 is 28.8 Å². The fourth-order valence-electron chi connectivity index (χ4n) is 4.70. The van der Waals surface area contributed by atoms with Gasteiger partial charge >= 0.3 is 12.1 Å². The van der Waals surface area contributed by atoms with Crippen LogP contribution in [0.3, 0.4) is 0 Å². The predicted octanol–water partition coefficient (Wildman–Crippen LogP) is 4.67. The summed E-state index contributed by atoms with van der Waals surface area (Å²) in [5.41, 5.74) is 5.40. The monoisotopic (exact) mass is 431 g/mol. The van der Waals surface area contributed by atoms with Crippen molar-refractivity contribution in [3.63, 3.8) is 0 Å². The quantitative estimate of drug-likeness (QED) is 0.703. The first-order valence-corrected chi connectivity index (χ1v) is 10.2. The molecule has 0 bridgehead atoms. The van der Waals surface area contributed by atoms with Gasteiger partial charge in [-0.05, 0) is 56.5 Å². The van der Waals surface area contributed by atoms with Crippen LogP contribution in [0.2, 0.25) is 0 Å². The van der Waals surface area contributed by atoms with Gasteiger partial charge in [-0.2, -0.15) is 13.2 Å². The zero-order valence-corrected chi connectivity index (χ0v) is 17.6. The van der Waals surface area contributed by atoms with Crippen LogP contribution in [-0.2, 0) is 4.79 Å². The van der Waals surface area contributed by atoms with E-state index < -0.39 is 18.1 Å². The molecule has 8 heteroatoms. The smallest absolute Gasteiger partial charge is 0.363 e. The SMILES string of the molecule is CC(=O)c1ccc2c(c1)N(C)c1cccc(C)c1[C@H]1C[C@H](NC(=O)C(F)(F)F)CCN21. The third-order valence-corrected chi connectivity index (χ3v) is 6.24. The third-order valence-electron chi connectivity index (χ3n) is 6.24. The second-order valence-corrected chi connectivity index (χ2v) is 8.23. The summed E-state index contributed by atoms with van der Waals surface area (Å²) in [7, 11) is 1.93. The van der Waals surface area contributed by atoms with E-state index in [0.717, 1.165) is 28.2 Å². The lowest BCUT2D eigenvalue weighted by Crippen LogP contribution is -2.49. The fourth-order valence-corrected chi connectivity index (χ4v) is 4.70. The summed E-state index contributed by atoms with van der Waals surface area (Å²) in [5.74, 6) is -1.93. The number of piperidine rings is 1. The molecule has 2 aliphatic rings. The lowest BCUT2D eigenvalue weighted by Gasteiger charge is -2.41. The van der Waals surface area contributed by atoms with Crippen LogP contribution >= 0.6 is 0 Å². The highest BCUT2D eigenvalue weighted by Crippen LogP contribution is 2.49. The summed E-state index contributed by atoms with van der Waals surface area (Å²) in [6, 6.07) is 10.7. The van der Waals surface area contributed by atoms with Crippen LogP contribution in [0.25, 0.3) is 0 Å². The molecule has 0 aliphatic carbocycles. The van der Waals surface area contributed by atoms with Crippen molar-refractivity contribution in [1.82, 2.24) is 5.32 Å². The van der Waals surface area contributed by atoms with Crippen LogP contribution in [0, 0.1) is 6.92 Å². The average Bonchev–Trinajstić information content (AvgIpc) is 2.81. The Morgan fingerprint density at radius 1 is 1.10 bits per heavy atom. The minimum atomic E-state index is -4.90. The van der Waals surface area contributed by atoms with Gasteiger partial charge in [-0.3, -0.25) is 9.59 Å². The second kappa shape index (κ2) is 7.59. The molecule has 2 aromatic carbocycles. The average molecular weight is 431 g/mol. The number of ketones is 1. The van der Waals surface area contributed by atoms with E-state index in [2.05, 4.69) is 10.2 Å². The number of halogens is 3. The van der Waals surface area contributed by atoms with E-state index in [9.17, 15) is 22.8 Å². The van der Waals surface area contributed by atoms with E-state index in [-0.39, 0.29) is 11.8 Å². The summed E-state index contributed by atoms with van der Waals surface area (Å²) in [5, 5.41) is 2.17. The molecule has 0 aromatic heterocycles. The molecule has 2 aromatic rings. The minimum absolute atomic E-state index is 0.0324. The third kappa shape index (κ3) is 3.75. The molecule has 31 heavy (non-hydrogen) atoms. The molecule has 0 radical (unpaired) electrons. The van der Waals surface area contributed by atoms with E-state index in [1.807, 2.05) is 49.2 Å². The molecule has 0 saturated carbocycles. The Balaban J connectivity index is 1.79. The van der Waals surface area contributed by atoms with Gasteiger partial charge in [0.05, 0.1) is 17.4 Å². The van der Waals surface area contributed by atoms with Crippen molar-refractivity contribution in [2.75, 3.05) is 23.4 Å². The van der Waals surface area contributed by atoms with E-state index >= 15 is 0 Å². The van der Waals surface area contributed by atoms with Gasteiger partial charge in [0.25, 0.3) is 0 Å². The first-order valence-electron chi connectivity index (χ1n) is 10.2. The van der Waals surface area contributed by atoms with Crippen molar-refractivity contribution in [3.05, 3.63) is 53.1 Å². The Bertz CT molecular complexity index is 1050. The van der Waals surface area contributed by atoms with Gasteiger partial charge < -0.3 is 15.1 Å². The predicted molar refractivity (Wildman–Crippen MR) is 113 cm³/mol. The number of alkyl halides is 3. The molecule has 1 saturated heterocycles. The first-order chi connectivity index (χ1) is 14.6. The maximum atomic E-state index is 12.8. The molecule has 2 atom stereocenters. The number of benzene rings is 2. The lowest BCUT2D eigenvalue weighted by atomic mass is 9.88. The summed E-state index contributed by atoms with van der Waals surface area (Å²) >= 11 is 0. The highest BCUT2D eigenvalue weighted by Gasteiger charge is 2.42. The van der Waals surface area contributed by atoms with Gasteiger partial charge in [-0.25, -0.2) is 0 Å². The van der Waals surface area contributed by atoms with Crippen LogP contribution in [-0.4, -0.2) is 37.5 Å². The number of anilines is 3. The van der Waals surface area contributed by atoms with Crippen molar-refractivity contribution in [2.45, 2.75) is 44.9 Å². The number of Topliss-reactive ketones (excluding diaryl/α,β-unsaturated/α-hetero) is 1. The maximum absolute atomic E-state index is 12.8. The highest BCUT2D eigenvalue weighted by atomic mass is 19.4.